The minimum Gasteiger partial charge on any atom is -0.478 e. The third-order valence-electron chi connectivity index (χ3n) is 2.09. The number of carboxylic acid groups (broad SMARTS) is 1. The number of hydrogen-bond acceptors (Lipinski definition) is 2. The number of carboxylic acids is 1. The van der Waals surface area contributed by atoms with Crippen LogP contribution < -0.4 is 5.32 Å². The molecule has 22 heavy (non-hydrogen) atoms. The zero-order chi connectivity index (χ0) is 17.8. The van der Waals surface area contributed by atoms with E-state index in [9.17, 15) is 22.8 Å². The second-order valence-electron chi connectivity index (χ2n) is 3.50. The lowest BCUT2D eigenvalue weighted by atomic mass is 10.1. The van der Waals surface area contributed by atoms with Crippen molar-refractivity contribution in [2.45, 2.75) is 40.3 Å². The summed E-state index contributed by atoms with van der Waals surface area (Å²) in [7, 11) is 0. The Hall–Kier alpha value is -2.05. The molecule has 0 aliphatic carbocycles. The molecule has 0 saturated heterocycles. The summed E-state index contributed by atoms with van der Waals surface area (Å²) >= 11 is 0. The number of hydrogen-bond donors (Lipinski definition) is 2. The number of alkyl halides is 3. The van der Waals surface area contributed by atoms with Gasteiger partial charge in [-0.25, -0.2) is 4.79 Å². The van der Waals surface area contributed by atoms with Gasteiger partial charge in [0, 0.05) is 12.1 Å². The van der Waals surface area contributed by atoms with Crippen LogP contribution >= 0.6 is 0 Å². The Kier molecular flexibility index (Phi) is 11.7. The van der Waals surface area contributed by atoms with Gasteiger partial charge in [-0.15, -0.1) is 0 Å². The van der Waals surface area contributed by atoms with Crippen LogP contribution in [0.1, 0.15) is 54.8 Å². The summed E-state index contributed by atoms with van der Waals surface area (Å²) in [5.74, 6) is -1.81. The fraction of sp³-hybridized carbons (Fsp3) is 0.467. The summed E-state index contributed by atoms with van der Waals surface area (Å²) in [5, 5.41) is 10.7. The van der Waals surface area contributed by atoms with E-state index in [1.807, 2.05) is 27.7 Å². The topological polar surface area (TPSA) is 66.4 Å². The minimum absolute atomic E-state index is 0.00171. The Bertz CT molecular complexity index is 442. The van der Waals surface area contributed by atoms with Gasteiger partial charge in [0.1, 0.15) is 0 Å². The van der Waals surface area contributed by atoms with E-state index in [1.54, 1.807) is 0 Å². The number of halogens is 3. The molecule has 1 aromatic rings. The van der Waals surface area contributed by atoms with Gasteiger partial charge in [-0.2, -0.15) is 13.2 Å². The van der Waals surface area contributed by atoms with Crippen LogP contribution in [-0.2, 0) is 0 Å². The van der Waals surface area contributed by atoms with Crippen LogP contribution in [0.25, 0.3) is 0 Å². The Morgan fingerprint density at radius 1 is 1.00 bits per heavy atom. The second kappa shape index (κ2) is 11.6. The van der Waals surface area contributed by atoms with Crippen molar-refractivity contribution < 1.29 is 27.9 Å². The van der Waals surface area contributed by atoms with Crippen molar-refractivity contribution in [3.63, 3.8) is 0 Å². The van der Waals surface area contributed by atoms with Gasteiger partial charge >= 0.3 is 12.1 Å². The van der Waals surface area contributed by atoms with Gasteiger partial charge in [0.25, 0.3) is 5.91 Å². The van der Waals surface area contributed by atoms with Crippen LogP contribution in [-0.4, -0.2) is 29.7 Å². The summed E-state index contributed by atoms with van der Waals surface area (Å²) in [4.78, 5) is 21.9. The van der Waals surface area contributed by atoms with E-state index in [0.717, 1.165) is 0 Å². The molecular weight excluding hydrogens is 299 g/mol. The van der Waals surface area contributed by atoms with Crippen molar-refractivity contribution in [1.29, 1.82) is 0 Å². The molecule has 0 bridgehead atoms. The van der Waals surface area contributed by atoms with E-state index in [4.69, 9.17) is 5.11 Å². The van der Waals surface area contributed by atoms with Crippen molar-refractivity contribution in [1.82, 2.24) is 5.32 Å². The van der Waals surface area contributed by atoms with E-state index in [0.29, 0.717) is 0 Å². The summed E-state index contributed by atoms with van der Waals surface area (Å²) in [6.07, 6.45) is -5.42. The van der Waals surface area contributed by atoms with Crippen molar-refractivity contribution in [3.05, 3.63) is 35.4 Å². The highest BCUT2D eigenvalue weighted by molar-refractivity contribution is 5.95. The molecule has 2 N–H and O–H groups in total. The number of nitrogens with one attached hydrogen (secondary N) is 1. The Balaban J connectivity index is 0. The highest BCUT2D eigenvalue weighted by atomic mass is 19.4. The Morgan fingerprint density at radius 2 is 1.41 bits per heavy atom. The zero-order valence-corrected chi connectivity index (χ0v) is 13.1. The lowest BCUT2D eigenvalue weighted by Gasteiger charge is -2.07. The number of aromatic carboxylic acids is 1. The van der Waals surface area contributed by atoms with Gasteiger partial charge < -0.3 is 10.4 Å². The lowest BCUT2D eigenvalue weighted by Crippen LogP contribution is -2.27. The van der Waals surface area contributed by atoms with Gasteiger partial charge in [0.05, 0.1) is 12.0 Å². The quantitative estimate of drug-likeness (QED) is 0.876. The molecule has 4 nitrogen and oxygen atoms in total. The molecule has 0 aromatic heterocycles. The molecule has 7 heteroatoms. The number of carbonyl (C=O) groups is 2. The smallest absolute Gasteiger partial charge is 0.390 e. The third-order valence-corrected chi connectivity index (χ3v) is 2.09. The van der Waals surface area contributed by atoms with Crippen molar-refractivity contribution in [3.8, 4) is 0 Å². The SMILES string of the molecule is CC.CC.O=C(O)c1ccc(C(=O)NCCC(F)(F)F)cc1. The fourth-order valence-electron chi connectivity index (χ4n) is 1.18. The fourth-order valence-corrected chi connectivity index (χ4v) is 1.18. The predicted molar refractivity (Wildman–Crippen MR) is 79.1 cm³/mol. The maximum Gasteiger partial charge on any atom is 0.390 e. The average molecular weight is 321 g/mol. The maximum atomic E-state index is 11.8. The van der Waals surface area contributed by atoms with Crippen LogP contribution in [0.5, 0.6) is 0 Å². The van der Waals surface area contributed by atoms with E-state index >= 15 is 0 Å². The molecule has 1 amide bonds. The molecule has 0 atom stereocenters. The molecule has 1 aromatic carbocycles. The monoisotopic (exact) mass is 321 g/mol. The third kappa shape index (κ3) is 9.79. The lowest BCUT2D eigenvalue weighted by molar-refractivity contribution is -0.133. The first kappa shape index (κ1) is 22.2. The molecule has 0 fully saturated rings. The number of amides is 1. The largest absolute Gasteiger partial charge is 0.478 e. The van der Waals surface area contributed by atoms with Crippen molar-refractivity contribution in [2.75, 3.05) is 6.54 Å². The second-order valence-corrected chi connectivity index (χ2v) is 3.50. The first-order valence-corrected chi connectivity index (χ1v) is 6.98. The average Bonchev–Trinajstić information content (AvgIpc) is 2.50. The van der Waals surface area contributed by atoms with Gasteiger partial charge in [-0.1, -0.05) is 27.7 Å². The van der Waals surface area contributed by atoms with Gasteiger partial charge in [-0.3, -0.25) is 4.79 Å². The van der Waals surface area contributed by atoms with Gasteiger partial charge in [0.2, 0.25) is 0 Å². The molecule has 0 unspecified atom stereocenters. The number of benzene rings is 1. The summed E-state index contributed by atoms with van der Waals surface area (Å²) in [5.41, 5.74) is 0.115. The summed E-state index contributed by atoms with van der Waals surface area (Å²) < 4.78 is 35.5. The molecule has 0 heterocycles. The van der Waals surface area contributed by atoms with Crippen LogP contribution in [0, 0.1) is 0 Å². The van der Waals surface area contributed by atoms with Gasteiger partial charge in [0.15, 0.2) is 0 Å². The van der Waals surface area contributed by atoms with Crippen LogP contribution in [0.4, 0.5) is 13.2 Å². The summed E-state index contributed by atoms with van der Waals surface area (Å²) in [6, 6.07) is 4.90. The molecule has 126 valence electrons. The molecule has 0 aliphatic rings. The highest BCUT2D eigenvalue weighted by Gasteiger charge is 2.26. The molecule has 0 radical (unpaired) electrons. The predicted octanol–water partition coefficient (Wildman–Crippen LogP) is 4.12. The standard InChI is InChI=1S/C11H10F3NO3.2C2H6/c12-11(13,14)5-6-15-9(16)7-1-3-8(4-2-7)10(17)18;2*1-2/h1-4H,5-6H2,(H,15,16)(H,17,18);2*1-2H3. The minimum atomic E-state index is -4.32. The maximum absolute atomic E-state index is 11.8. The first-order valence-electron chi connectivity index (χ1n) is 6.98. The van der Waals surface area contributed by atoms with Gasteiger partial charge in [-0.05, 0) is 24.3 Å². The Morgan fingerprint density at radius 3 is 1.77 bits per heavy atom. The number of rotatable bonds is 4. The molecule has 0 spiro atoms. The van der Waals surface area contributed by atoms with Crippen LogP contribution in [0.15, 0.2) is 24.3 Å². The number of carbonyl (C=O) groups excluding carboxylic acids is 1. The van der Waals surface area contributed by atoms with Crippen molar-refractivity contribution in [2.24, 2.45) is 0 Å². The molecule has 1 rings (SSSR count). The molecular formula is C15H22F3NO3. The van der Waals surface area contributed by atoms with E-state index in [1.165, 1.54) is 24.3 Å². The van der Waals surface area contributed by atoms with E-state index in [2.05, 4.69) is 5.32 Å². The zero-order valence-electron chi connectivity index (χ0n) is 13.1. The normalized spacial score (nSPS) is 9.59. The molecule has 0 saturated carbocycles. The van der Waals surface area contributed by atoms with E-state index in [-0.39, 0.29) is 11.1 Å². The van der Waals surface area contributed by atoms with E-state index < -0.39 is 31.0 Å². The van der Waals surface area contributed by atoms with Crippen LogP contribution in [0.3, 0.4) is 0 Å². The Labute approximate surface area is 128 Å². The highest BCUT2D eigenvalue weighted by Crippen LogP contribution is 2.18. The van der Waals surface area contributed by atoms with Crippen molar-refractivity contribution >= 4 is 11.9 Å². The summed E-state index contributed by atoms with van der Waals surface area (Å²) in [6.45, 7) is 7.49. The van der Waals surface area contributed by atoms with Crippen LogP contribution in [0.2, 0.25) is 0 Å². The first-order chi connectivity index (χ1) is 10.3. The molecule has 0 aliphatic heterocycles.